The molecule has 2 aromatic carbocycles. The van der Waals surface area contributed by atoms with Crippen molar-refractivity contribution >= 4 is 33.9 Å². The molecule has 0 saturated heterocycles. The Bertz CT molecular complexity index is 845. The van der Waals surface area contributed by atoms with E-state index in [0.717, 1.165) is 21.3 Å². The number of nitrogens with one attached hydrogen (secondary N) is 1. The van der Waals surface area contributed by atoms with Gasteiger partial charge in [-0.15, -0.1) is 0 Å². The molecule has 1 aliphatic heterocycles. The molecule has 1 heterocycles. The van der Waals surface area contributed by atoms with Crippen molar-refractivity contribution in [2.45, 2.75) is 13.0 Å². The maximum absolute atomic E-state index is 12.1. The van der Waals surface area contributed by atoms with Gasteiger partial charge < -0.3 is 14.8 Å². The van der Waals surface area contributed by atoms with Crippen LogP contribution in [-0.2, 0) is 14.3 Å². The summed E-state index contributed by atoms with van der Waals surface area (Å²) in [5, 5.41) is 2.81. The zero-order valence-electron chi connectivity index (χ0n) is 14.2. The van der Waals surface area contributed by atoms with Gasteiger partial charge in [0.1, 0.15) is 12.4 Å². The fraction of sp³-hybridized carbons (Fsp3) is 0.200. The molecular formula is C20H18BrNO4. The van der Waals surface area contributed by atoms with Gasteiger partial charge in [0.15, 0.2) is 6.61 Å². The average molecular weight is 416 g/mol. The van der Waals surface area contributed by atoms with Gasteiger partial charge >= 0.3 is 5.97 Å². The first kappa shape index (κ1) is 18.2. The zero-order valence-corrected chi connectivity index (χ0v) is 15.8. The van der Waals surface area contributed by atoms with Gasteiger partial charge in [0.05, 0.1) is 11.6 Å². The van der Waals surface area contributed by atoms with Crippen molar-refractivity contribution in [1.29, 1.82) is 0 Å². The molecule has 1 N–H and O–H groups in total. The predicted molar refractivity (Wildman–Crippen MR) is 102 cm³/mol. The fourth-order valence-corrected chi connectivity index (χ4v) is 2.84. The van der Waals surface area contributed by atoms with Crippen molar-refractivity contribution in [3.63, 3.8) is 0 Å². The maximum Gasteiger partial charge on any atom is 0.338 e. The molecule has 1 aliphatic rings. The van der Waals surface area contributed by atoms with Crippen LogP contribution >= 0.6 is 15.9 Å². The first-order chi connectivity index (χ1) is 12.5. The van der Waals surface area contributed by atoms with Gasteiger partial charge in [-0.25, -0.2) is 4.79 Å². The molecule has 1 amide bonds. The van der Waals surface area contributed by atoms with Crippen LogP contribution in [0.5, 0.6) is 5.75 Å². The minimum atomic E-state index is -0.550. The van der Waals surface area contributed by atoms with E-state index in [2.05, 4.69) is 21.2 Å². The SMILES string of the molecule is CC(NC(=O)COC(=O)C1=Cc2ccccc2OC1)c1ccc(Br)cc1. The van der Waals surface area contributed by atoms with Gasteiger partial charge in [0, 0.05) is 10.0 Å². The lowest BCUT2D eigenvalue weighted by Crippen LogP contribution is -2.31. The summed E-state index contributed by atoms with van der Waals surface area (Å²) in [4.78, 5) is 24.2. The van der Waals surface area contributed by atoms with Crippen LogP contribution < -0.4 is 10.1 Å². The van der Waals surface area contributed by atoms with Crippen molar-refractivity contribution in [3.8, 4) is 5.75 Å². The smallest absolute Gasteiger partial charge is 0.338 e. The molecule has 0 saturated carbocycles. The molecule has 26 heavy (non-hydrogen) atoms. The molecule has 5 nitrogen and oxygen atoms in total. The number of carbonyl (C=O) groups is 2. The molecule has 0 spiro atoms. The van der Waals surface area contributed by atoms with Gasteiger partial charge in [-0.05, 0) is 36.8 Å². The van der Waals surface area contributed by atoms with E-state index in [4.69, 9.17) is 9.47 Å². The second-order valence-corrected chi connectivity index (χ2v) is 6.83. The number of amides is 1. The monoisotopic (exact) mass is 415 g/mol. The number of benzene rings is 2. The number of ether oxygens (including phenoxy) is 2. The number of carbonyl (C=O) groups excluding carboxylic acids is 2. The summed E-state index contributed by atoms with van der Waals surface area (Å²) < 4.78 is 11.6. The first-order valence-corrected chi connectivity index (χ1v) is 8.96. The molecule has 0 bridgehead atoms. The summed E-state index contributed by atoms with van der Waals surface area (Å²) in [6.07, 6.45) is 1.73. The molecule has 2 aromatic rings. The third-order valence-corrected chi connectivity index (χ3v) is 4.50. The summed E-state index contributed by atoms with van der Waals surface area (Å²) in [7, 11) is 0. The molecule has 0 aliphatic carbocycles. The number of hydrogen-bond acceptors (Lipinski definition) is 4. The molecule has 1 unspecified atom stereocenters. The molecule has 0 aromatic heterocycles. The summed E-state index contributed by atoms with van der Waals surface area (Å²) in [6.45, 7) is 1.67. The van der Waals surface area contributed by atoms with E-state index in [0.29, 0.717) is 5.57 Å². The lowest BCUT2D eigenvalue weighted by atomic mass is 10.1. The van der Waals surface area contributed by atoms with Crippen LogP contribution in [0.25, 0.3) is 6.08 Å². The Labute approximate surface area is 160 Å². The normalized spacial score (nSPS) is 13.7. The van der Waals surface area contributed by atoms with Crippen molar-refractivity contribution in [3.05, 3.63) is 69.7 Å². The van der Waals surface area contributed by atoms with E-state index >= 15 is 0 Å². The van der Waals surface area contributed by atoms with Crippen LogP contribution in [0.3, 0.4) is 0 Å². The molecule has 6 heteroatoms. The third-order valence-electron chi connectivity index (χ3n) is 3.98. The van der Waals surface area contributed by atoms with Gasteiger partial charge in [-0.2, -0.15) is 0 Å². The Morgan fingerprint density at radius 1 is 1.19 bits per heavy atom. The largest absolute Gasteiger partial charge is 0.488 e. The number of hydrogen-bond donors (Lipinski definition) is 1. The number of para-hydroxylation sites is 1. The first-order valence-electron chi connectivity index (χ1n) is 8.17. The summed E-state index contributed by atoms with van der Waals surface area (Å²) in [5.74, 6) is -0.178. The molecule has 1 atom stereocenters. The fourth-order valence-electron chi connectivity index (χ4n) is 2.58. The highest BCUT2D eigenvalue weighted by molar-refractivity contribution is 9.10. The molecule has 134 valence electrons. The van der Waals surface area contributed by atoms with E-state index in [-0.39, 0.29) is 25.2 Å². The van der Waals surface area contributed by atoms with Crippen LogP contribution in [0.4, 0.5) is 0 Å². The second kappa shape index (κ2) is 8.19. The highest BCUT2D eigenvalue weighted by atomic mass is 79.9. The molecule has 0 radical (unpaired) electrons. The van der Waals surface area contributed by atoms with E-state index in [1.165, 1.54) is 0 Å². The Morgan fingerprint density at radius 3 is 2.69 bits per heavy atom. The molecule has 0 fully saturated rings. The third kappa shape index (κ3) is 4.52. The van der Waals surface area contributed by atoms with Crippen molar-refractivity contribution in [2.75, 3.05) is 13.2 Å². The van der Waals surface area contributed by atoms with Crippen LogP contribution in [0, 0.1) is 0 Å². The van der Waals surface area contributed by atoms with Gasteiger partial charge in [0.25, 0.3) is 5.91 Å². The minimum absolute atomic E-state index is 0.132. The Hall–Kier alpha value is -2.60. The number of rotatable bonds is 5. The quantitative estimate of drug-likeness (QED) is 0.756. The van der Waals surface area contributed by atoms with Crippen LogP contribution in [0.15, 0.2) is 58.6 Å². The molecule has 3 rings (SSSR count). The topological polar surface area (TPSA) is 64.6 Å². The highest BCUT2D eigenvalue weighted by Crippen LogP contribution is 2.26. The number of esters is 1. The van der Waals surface area contributed by atoms with Gasteiger partial charge in [0.2, 0.25) is 0 Å². The number of fused-ring (bicyclic) bond motifs is 1. The van der Waals surface area contributed by atoms with Crippen molar-refractivity contribution in [2.24, 2.45) is 0 Å². The van der Waals surface area contributed by atoms with Crippen LogP contribution in [0.2, 0.25) is 0 Å². The summed E-state index contributed by atoms with van der Waals surface area (Å²) in [6, 6.07) is 14.9. The minimum Gasteiger partial charge on any atom is -0.488 e. The van der Waals surface area contributed by atoms with E-state index in [9.17, 15) is 9.59 Å². The lowest BCUT2D eigenvalue weighted by molar-refractivity contribution is -0.145. The van der Waals surface area contributed by atoms with Gasteiger partial charge in [-0.3, -0.25) is 4.79 Å². The Kier molecular flexibility index (Phi) is 5.73. The standard InChI is InChI=1S/C20H18BrNO4/c1-13(14-6-8-17(21)9-7-14)22-19(23)12-26-20(24)16-10-15-4-2-3-5-18(15)25-11-16/h2-10,13H,11-12H2,1H3,(H,22,23). The van der Waals surface area contributed by atoms with Crippen LogP contribution in [0.1, 0.15) is 24.1 Å². The van der Waals surface area contributed by atoms with E-state index in [1.807, 2.05) is 55.5 Å². The van der Waals surface area contributed by atoms with Crippen molar-refractivity contribution < 1.29 is 19.1 Å². The lowest BCUT2D eigenvalue weighted by Gasteiger charge is -2.17. The highest BCUT2D eigenvalue weighted by Gasteiger charge is 2.19. The zero-order chi connectivity index (χ0) is 18.5. The maximum atomic E-state index is 12.1. The van der Waals surface area contributed by atoms with Crippen LogP contribution in [-0.4, -0.2) is 25.1 Å². The Morgan fingerprint density at radius 2 is 1.92 bits per heavy atom. The van der Waals surface area contributed by atoms with E-state index < -0.39 is 5.97 Å². The summed E-state index contributed by atoms with van der Waals surface area (Å²) >= 11 is 3.37. The van der Waals surface area contributed by atoms with Gasteiger partial charge in [-0.1, -0.05) is 46.3 Å². The van der Waals surface area contributed by atoms with Crippen molar-refractivity contribution in [1.82, 2.24) is 5.32 Å². The summed E-state index contributed by atoms with van der Waals surface area (Å²) in [5.41, 5.74) is 2.17. The molecular weight excluding hydrogens is 398 g/mol. The van der Waals surface area contributed by atoms with E-state index in [1.54, 1.807) is 6.08 Å². The Balaban J connectivity index is 1.52. The number of halogens is 1. The predicted octanol–water partition coefficient (Wildman–Crippen LogP) is 3.65. The second-order valence-electron chi connectivity index (χ2n) is 5.91. The average Bonchev–Trinajstić information content (AvgIpc) is 2.66.